The lowest BCUT2D eigenvalue weighted by Crippen LogP contribution is -2.25. The molecular weight excluding hydrogens is 210 g/mol. The molecule has 0 radical (unpaired) electrons. The lowest BCUT2D eigenvalue weighted by molar-refractivity contribution is 0.599. The molecule has 1 aromatic rings. The Morgan fingerprint density at radius 3 is 2.60 bits per heavy atom. The Hall–Kier alpha value is -1.03. The standard InChI is InChI=1S/C11H15NO2S/c1-9-5-3-6-11(10(9)2)12-7-4-8-15(12,13)14/h3,5-6H,4,7-8H2,1-2H3. The van der Waals surface area contributed by atoms with Crippen LogP contribution in [0.1, 0.15) is 17.5 Å². The van der Waals surface area contributed by atoms with Gasteiger partial charge in [-0.1, -0.05) is 12.1 Å². The molecule has 1 heterocycles. The van der Waals surface area contributed by atoms with Crippen LogP contribution in [-0.4, -0.2) is 20.7 Å². The molecule has 1 aromatic carbocycles. The minimum Gasteiger partial charge on any atom is -0.270 e. The van der Waals surface area contributed by atoms with Crippen LogP contribution in [0.5, 0.6) is 0 Å². The van der Waals surface area contributed by atoms with Crippen LogP contribution in [0, 0.1) is 13.8 Å². The predicted molar refractivity (Wildman–Crippen MR) is 61.7 cm³/mol. The van der Waals surface area contributed by atoms with Gasteiger partial charge in [-0.2, -0.15) is 0 Å². The molecule has 0 bridgehead atoms. The number of benzene rings is 1. The second-order valence-corrected chi connectivity index (χ2v) is 5.97. The summed E-state index contributed by atoms with van der Waals surface area (Å²) in [6.45, 7) is 4.59. The second-order valence-electron chi connectivity index (χ2n) is 3.96. The zero-order valence-electron chi connectivity index (χ0n) is 9.03. The highest BCUT2D eigenvalue weighted by atomic mass is 32.2. The molecule has 82 valence electrons. The van der Waals surface area contributed by atoms with Gasteiger partial charge in [-0.05, 0) is 37.5 Å². The van der Waals surface area contributed by atoms with E-state index in [1.54, 1.807) is 0 Å². The fourth-order valence-electron chi connectivity index (χ4n) is 1.92. The second kappa shape index (κ2) is 3.52. The summed E-state index contributed by atoms with van der Waals surface area (Å²) in [7, 11) is -3.05. The minimum atomic E-state index is -3.05. The molecule has 1 saturated heterocycles. The van der Waals surface area contributed by atoms with Crippen LogP contribution in [0.2, 0.25) is 0 Å². The van der Waals surface area contributed by atoms with Crippen LogP contribution in [0.15, 0.2) is 18.2 Å². The van der Waals surface area contributed by atoms with E-state index in [1.165, 1.54) is 4.31 Å². The third-order valence-corrected chi connectivity index (χ3v) is 4.80. The van der Waals surface area contributed by atoms with Crippen molar-refractivity contribution in [3.63, 3.8) is 0 Å². The summed E-state index contributed by atoms with van der Waals surface area (Å²) in [5.41, 5.74) is 3.03. The summed E-state index contributed by atoms with van der Waals surface area (Å²) in [6, 6.07) is 5.79. The molecule has 2 rings (SSSR count). The van der Waals surface area contributed by atoms with Gasteiger partial charge in [0.2, 0.25) is 10.0 Å². The van der Waals surface area contributed by atoms with Crippen molar-refractivity contribution in [1.29, 1.82) is 0 Å². The number of hydrogen-bond acceptors (Lipinski definition) is 2. The van der Waals surface area contributed by atoms with Crippen LogP contribution in [0.4, 0.5) is 5.69 Å². The molecule has 0 unspecified atom stereocenters. The largest absolute Gasteiger partial charge is 0.270 e. The molecule has 1 fully saturated rings. The zero-order valence-corrected chi connectivity index (χ0v) is 9.84. The predicted octanol–water partition coefficient (Wildman–Crippen LogP) is 1.84. The van der Waals surface area contributed by atoms with Crippen molar-refractivity contribution < 1.29 is 8.42 Å². The highest BCUT2D eigenvalue weighted by molar-refractivity contribution is 7.93. The number of sulfonamides is 1. The summed E-state index contributed by atoms with van der Waals surface area (Å²) < 4.78 is 25.0. The van der Waals surface area contributed by atoms with Crippen molar-refractivity contribution >= 4 is 15.7 Å². The SMILES string of the molecule is Cc1cccc(N2CCCS2(=O)=O)c1C. The molecule has 0 saturated carbocycles. The van der Waals surface area contributed by atoms with E-state index in [0.29, 0.717) is 6.54 Å². The Balaban J connectivity index is 2.51. The monoisotopic (exact) mass is 225 g/mol. The van der Waals surface area contributed by atoms with Crippen molar-refractivity contribution in [2.24, 2.45) is 0 Å². The van der Waals surface area contributed by atoms with Crippen LogP contribution >= 0.6 is 0 Å². The summed E-state index contributed by atoms with van der Waals surface area (Å²) in [5.74, 6) is 0.278. The molecule has 0 N–H and O–H groups in total. The zero-order chi connectivity index (χ0) is 11.1. The number of aryl methyl sites for hydroxylation is 1. The molecule has 4 heteroatoms. The van der Waals surface area contributed by atoms with Crippen LogP contribution in [0.3, 0.4) is 0 Å². The van der Waals surface area contributed by atoms with Crippen LogP contribution in [0.25, 0.3) is 0 Å². The number of anilines is 1. The van der Waals surface area contributed by atoms with Crippen molar-refractivity contribution in [1.82, 2.24) is 0 Å². The van der Waals surface area contributed by atoms with E-state index in [-0.39, 0.29) is 5.75 Å². The third-order valence-electron chi connectivity index (χ3n) is 2.94. The first-order valence-corrected chi connectivity index (χ1v) is 6.70. The van der Waals surface area contributed by atoms with Gasteiger partial charge in [0.25, 0.3) is 0 Å². The van der Waals surface area contributed by atoms with E-state index in [0.717, 1.165) is 23.2 Å². The van der Waals surface area contributed by atoms with Gasteiger partial charge in [0, 0.05) is 6.54 Å². The third kappa shape index (κ3) is 1.74. The quantitative estimate of drug-likeness (QED) is 0.731. The maximum atomic E-state index is 11.8. The Kier molecular flexibility index (Phi) is 2.46. The van der Waals surface area contributed by atoms with E-state index >= 15 is 0 Å². The van der Waals surface area contributed by atoms with Crippen LogP contribution in [-0.2, 0) is 10.0 Å². The highest BCUT2D eigenvalue weighted by Gasteiger charge is 2.29. The Bertz CT molecular complexity index is 479. The van der Waals surface area contributed by atoms with Gasteiger partial charge < -0.3 is 0 Å². The van der Waals surface area contributed by atoms with Gasteiger partial charge in [-0.15, -0.1) is 0 Å². The lowest BCUT2D eigenvalue weighted by atomic mass is 10.1. The summed E-state index contributed by atoms with van der Waals surface area (Å²) >= 11 is 0. The molecule has 0 spiro atoms. The number of nitrogens with zero attached hydrogens (tertiary/aromatic N) is 1. The van der Waals surface area contributed by atoms with Crippen molar-refractivity contribution in [2.45, 2.75) is 20.3 Å². The molecule has 15 heavy (non-hydrogen) atoms. The average Bonchev–Trinajstić information content (AvgIpc) is 2.50. The number of rotatable bonds is 1. The van der Waals surface area contributed by atoms with Gasteiger partial charge in [-0.25, -0.2) is 8.42 Å². The van der Waals surface area contributed by atoms with E-state index in [4.69, 9.17) is 0 Å². The summed E-state index contributed by atoms with van der Waals surface area (Å²) in [5, 5.41) is 0. The van der Waals surface area contributed by atoms with E-state index in [2.05, 4.69) is 0 Å². The fourth-order valence-corrected chi connectivity index (χ4v) is 3.53. The molecule has 1 aliphatic rings. The van der Waals surface area contributed by atoms with Gasteiger partial charge in [0.05, 0.1) is 11.4 Å². The maximum Gasteiger partial charge on any atom is 0.235 e. The van der Waals surface area contributed by atoms with Crippen molar-refractivity contribution in [2.75, 3.05) is 16.6 Å². The average molecular weight is 225 g/mol. The maximum absolute atomic E-state index is 11.8. The molecule has 0 atom stereocenters. The lowest BCUT2D eigenvalue weighted by Gasteiger charge is -2.20. The summed E-state index contributed by atoms with van der Waals surface area (Å²) in [4.78, 5) is 0. The molecular formula is C11H15NO2S. The molecule has 0 aliphatic carbocycles. The molecule has 0 amide bonds. The first kappa shape index (κ1) is 10.5. The van der Waals surface area contributed by atoms with Crippen LogP contribution < -0.4 is 4.31 Å². The highest BCUT2D eigenvalue weighted by Crippen LogP contribution is 2.28. The minimum absolute atomic E-state index is 0.278. The smallest absolute Gasteiger partial charge is 0.235 e. The Morgan fingerprint density at radius 2 is 2.00 bits per heavy atom. The van der Waals surface area contributed by atoms with Gasteiger partial charge in [0.15, 0.2) is 0 Å². The molecule has 3 nitrogen and oxygen atoms in total. The van der Waals surface area contributed by atoms with E-state index < -0.39 is 10.0 Å². The fraction of sp³-hybridized carbons (Fsp3) is 0.455. The first-order valence-electron chi connectivity index (χ1n) is 5.09. The van der Waals surface area contributed by atoms with E-state index in [1.807, 2.05) is 32.0 Å². The normalized spacial score (nSPS) is 19.5. The van der Waals surface area contributed by atoms with E-state index in [9.17, 15) is 8.42 Å². The van der Waals surface area contributed by atoms with Crippen molar-refractivity contribution in [3.05, 3.63) is 29.3 Å². The Labute approximate surface area is 90.8 Å². The topological polar surface area (TPSA) is 37.4 Å². The van der Waals surface area contributed by atoms with Crippen molar-refractivity contribution in [3.8, 4) is 0 Å². The first-order chi connectivity index (χ1) is 7.02. The van der Waals surface area contributed by atoms with Gasteiger partial charge in [0.1, 0.15) is 0 Å². The molecule has 1 aliphatic heterocycles. The number of hydrogen-bond donors (Lipinski definition) is 0. The molecule has 0 aromatic heterocycles. The Morgan fingerprint density at radius 1 is 1.27 bits per heavy atom. The summed E-state index contributed by atoms with van der Waals surface area (Å²) in [6.07, 6.45) is 0.732. The van der Waals surface area contributed by atoms with Gasteiger partial charge >= 0.3 is 0 Å². The van der Waals surface area contributed by atoms with Gasteiger partial charge in [-0.3, -0.25) is 4.31 Å².